The van der Waals surface area contributed by atoms with E-state index in [1.54, 1.807) is 0 Å². The first-order valence-corrected chi connectivity index (χ1v) is 5.95. The molecule has 3 nitrogen and oxygen atoms in total. The fourth-order valence-electron chi connectivity index (χ4n) is 2.19. The lowest BCUT2D eigenvalue weighted by Crippen LogP contribution is -2.43. The molecule has 1 aliphatic rings. The molecule has 0 spiro atoms. The molecule has 2 rings (SSSR count). The molecule has 1 heterocycles. The van der Waals surface area contributed by atoms with Crippen LogP contribution in [0.5, 0.6) is 0 Å². The highest BCUT2D eigenvalue weighted by molar-refractivity contribution is 5.52. The zero-order chi connectivity index (χ0) is 11.4. The Hall–Kier alpha value is -1.06. The van der Waals surface area contributed by atoms with Gasteiger partial charge >= 0.3 is 0 Å². The van der Waals surface area contributed by atoms with Gasteiger partial charge in [-0.2, -0.15) is 0 Å². The van der Waals surface area contributed by atoms with Crippen LogP contribution in [-0.2, 0) is 6.54 Å². The summed E-state index contributed by atoms with van der Waals surface area (Å²) in [7, 11) is 4.22. The Morgan fingerprint density at radius 2 is 1.88 bits per heavy atom. The minimum absolute atomic E-state index is 1.07. The number of nitrogens with zero attached hydrogens (tertiary/aromatic N) is 2. The Bertz CT molecular complexity index is 330. The summed E-state index contributed by atoms with van der Waals surface area (Å²) in [5.74, 6) is 0. The van der Waals surface area contributed by atoms with Gasteiger partial charge < -0.3 is 10.2 Å². The third kappa shape index (κ3) is 2.74. The first-order chi connectivity index (χ1) is 7.77. The third-order valence-electron chi connectivity index (χ3n) is 3.08. The molecule has 0 saturated carbocycles. The van der Waals surface area contributed by atoms with Gasteiger partial charge in [0.05, 0.1) is 0 Å². The molecule has 16 heavy (non-hydrogen) atoms. The predicted molar refractivity (Wildman–Crippen MR) is 68.9 cm³/mol. The number of hydrogen-bond acceptors (Lipinski definition) is 3. The summed E-state index contributed by atoms with van der Waals surface area (Å²) in [5.41, 5.74) is 2.76. The molecule has 0 aliphatic carbocycles. The van der Waals surface area contributed by atoms with Crippen LogP contribution in [0.3, 0.4) is 0 Å². The Kier molecular flexibility index (Phi) is 3.80. The van der Waals surface area contributed by atoms with Crippen molar-refractivity contribution in [3.05, 3.63) is 29.8 Å². The maximum absolute atomic E-state index is 3.39. The van der Waals surface area contributed by atoms with Gasteiger partial charge in [-0.25, -0.2) is 0 Å². The highest BCUT2D eigenvalue weighted by Crippen LogP contribution is 2.19. The van der Waals surface area contributed by atoms with Gasteiger partial charge in [-0.1, -0.05) is 18.2 Å². The fourth-order valence-corrected chi connectivity index (χ4v) is 2.19. The number of nitrogens with one attached hydrogen (secondary N) is 1. The van der Waals surface area contributed by atoms with E-state index < -0.39 is 0 Å². The van der Waals surface area contributed by atoms with Crippen LogP contribution in [0.1, 0.15) is 5.56 Å². The van der Waals surface area contributed by atoms with Crippen molar-refractivity contribution in [2.24, 2.45) is 0 Å². The number of benzene rings is 1. The molecule has 0 amide bonds. The van der Waals surface area contributed by atoms with Crippen molar-refractivity contribution in [2.45, 2.75) is 6.54 Å². The smallest absolute Gasteiger partial charge is 0.0406 e. The van der Waals surface area contributed by atoms with Crippen molar-refractivity contribution in [3.63, 3.8) is 0 Å². The Morgan fingerprint density at radius 3 is 2.56 bits per heavy atom. The molecule has 1 aliphatic heterocycles. The molecule has 88 valence electrons. The molecule has 0 aromatic heterocycles. The van der Waals surface area contributed by atoms with E-state index >= 15 is 0 Å². The molecule has 1 saturated heterocycles. The summed E-state index contributed by atoms with van der Waals surface area (Å²) < 4.78 is 0. The Labute approximate surface area is 98.0 Å². The Morgan fingerprint density at radius 1 is 1.19 bits per heavy atom. The van der Waals surface area contributed by atoms with Crippen molar-refractivity contribution < 1.29 is 0 Å². The molecule has 1 aromatic rings. The molecule has 1 fully saturated rings. The maximum Gasteiger partial charge on any atom is 0.0406 e. The second-order valence-electron chi connectivity index (χ2n) is 4.55. The molecule has 3 heteroatoms. The standard InChI is InChI=1S/C13H21N3/c1-15(2)13-6-4-3-5-12(13)11-16-9-7-14-8-10-16/h3-6,14H,7-11H2,1-2H3. The van der Waals surface area contributed by atoms with Crippen molar-refractivity contribution in [2.75, 3.05) is 45.2 Å². The lowest BCUT2D eigenvalue weighted by molar-refractivity contribution is 0.233. The fraction of sp³-hybridized carbons (Fsp3) is 0.538. The summed E-state index contributed by atoms with van der Waals surface area (Å²) in [6, 6.07) is 8.66. The highest BCUT2D eigenvalue weighted by atomic mass is 15.2. The van der Waals surface area contributed by atoms with Gasteiger partial charge in [-0.05, 0) is 11.6 Å². The average Bonchev–Trinajstić information content (AvgIpc) is 2.31. The number of piperazine rings is 1. The van der Waals surface area contributed by atoms with Crippen LogP contribution in [0.4, 0.5) is 5.69 Å². The Balaban J connectivity index is 2.07. The van der Waals surface area contributed by atoms with E-state index in [2.05, 4.69) is 53.5 Å². The van der Waals surface area contributed by atoms with Crippen molar-refractivity contribution in [1.82, 2.24) is 10.2 Å². The monoisotopic (exact) mass is 219 g/mol. The van der Waals surface area contributed by atoms with Crippen LogP contribution in [0.25, 0.3) is 0 Å². The van der Waals surface area contributed by atoms with E-state index in [0.717, 1.165) is 32.7 Å². The number of hydrogen-bond donors (Lipinski definition) is 1. The van der Waals surface area contributed by atoms with Gasteiger partial charge in [0, 0.05) is 52.5 Å². The first-order valence-electron chi connectivity index (χ1n) is 5.95. The molecule has 0 atom stereocenters. The second-order valence-corrected chi connectivity index (χ2v) is 4.55. The maximum atomic E-state index is 3.39. The zero-order valence-corrected chi connectivity index (χ0v) is 10.2. The number of anilines is 1. The van der Waals surface area contributed by atoms with Crippen LogP contribution in [0, 0.1) is 0 Å². The second kappa shape index (κ2) is 5.32. The van der Waals surface area contributed by atoms with Crippen molar-refractivity contribution in [3.8, 4) is 0 Å². The van der Waals surface area contributed by atoms with Crippen LogP contribution >= 0.6 is 0 Å². The molecular weight excluding hydrogens is 198 g/mol. The minimum Gasteiger partial charge on any atom is -0.377 e. The summed E-state index contributed by atoms with van der Waals surface area (Å²) in [6.45, 7) is 5.60. The lowest BCUT2D eigenvalue weighted by atomic mass is 10.1. The van der Waals surface area contributed by atoms with Crippen LogP contribution in [0.15, 0.2) is 24.3 Å². The van der Waals surface area contributed by atoms with Crippen LogP contribution in [0.2, 0.25) is 0 Å². The summed E-state index contributed by atoms with van der Waals surface area (Å²) in [6.07, 6.45) is 0. The molecule has 0 radical (unpaired) electrons. The predicted octanol–water partition coefficient (Wildman–Crippen LogP) is 1.16. The minimum atomic E-state index is 1.07. The van der Waals surface area contributed by atoms with E-state index in [-0.39, 0.29) is 0 Å². The number of para-hydroxylation sites is 1. The van der Waals surface area contributed by atoms with E-state index in [9.17, 15) is 0 Å². The van der Waals surface area contributed by atoms with Crippen LogP contribution < -0.4 is 10.2 Å². The van der Waals surface area contributed by atoms with Gasteiger partial charge in [0.2, 0.25) is 0 Å². The molecule has 0 bridgehead atoms. The molecule has 0 unspecified atom stereocenters. The van der Waals surface area contributed by atoms with Crippen molar-refractivity contribution >= 4 is 5.69 Å². The third-order valence-corrected chi connectivity index (χ3v) is 3.08. The van der Waals surface area contributed by atoms with Gasteiger partial charge in [0.15, 0.2) is 0 Å². The quantitative estimate of drug-likeness (QED) is 0.823. The van der Waals surface area contributed by atoms with E-state index in [1.807, 2.05) is 0 Å². The van der Waals surface area contributed by atoms with Gasteiger partial charge in [0.1, 0.15) is 0 Å². The molecule has 1 aromatic carbocycles. The average molecular weight is 219 g/mol. The molecule has 1 N–H and O–H groups in total. The normalized spacial score (nSPS) is 17.4. The lowest BCUT2D eigenvalue weighted by Gasteiger charge is -2.28. The van der Waals surface area contributed by atoms with Crippen LogP contribution in [-0.4, -0.2) is 45.2 Å². The summed E-state index contributed by atoms with van der Waals surface area (Å²) in [4.78, 5) is 4.70. The largest absolute Gasteiger partial charge is 0.377 e. The highest BCUT2D eigenvalue weighted by Gasteiger charge is 2.12. The molecular formula is C13H21N3. The first kappa shape index (κ1) is 11.4. The zero-order valence-electron chi connectivity index (χ0n) is 10.2. The number of rotatable bonds is 3. The van der Waals surface area contributed by atoms with E-state index in [4.69, 9.17) is 0 Å². The van der Waals surface area contributed by atoms with Gasteiger partial charge in [0.25, 0.3) is 0 Å². The topological polar surface area (TPSA) is 18.5 Å². The van der Waals surface area contributed by atoms with Gasteiger partial charge in [-0.15, -0.1) is 0 Å². The van der Waals surface area contributed by atoms with Gasteiger partial charge in [-0.3, -0.25) is 4.90 Å². The summed E-state index contributed by atoms with van der Waals surface area (Å²) >= 11 is 0. The summed E-state index contributed by atoms with van der Waals surface area (Å²) in [5, 5.41) is 3.39. The SMILES string of the molecule is CN(C)c1ccccc1CN1CCNCC1. The van der Waals surface area contributed by atoms with E-state index in [1.165, 1.54) is 11.3 Å². The van der Waals surface area contributed by atoms with E-state index in [0.29, 0.717) is 0 Å². The van der Waals surface area contributed by atoms with Crippen molar-refractivity contribution in [1.29, 1.82) is 0 Å².